The topological polar surface area (TPSA) is 116 Å². The van der Waals surface area contributed by atoms with Gasteiger partial charge in [0.25, 0.3) is 0 Å². The predicted octanol–water partition coefficient (Wildman–Crippen LogP) is 2.13. The van der Waals surface area contributed by atoms with E-state index in [1.807, 2.05) is 13.8 Å². The van der Waals surface area contributed by atoms with E-state index in [0.717, 1.165) is 0 Å². The summed E-state index contributed by atoms with van der Waals surface area (Å²) in [6.45, 7) is 6.93. The highest BCUT2D eigenvalue weighted by atomic mass is 32.2. The predicted molar refractivity (Wildman–Crippen MR) is 106 cm³/mol. The van der Waals surface area contributed by atoms with Crippen LogP contribution in [0, 0.1) is 13.8 Å². The minimum atomic E-state index is -3.71. The highest BCUT2D eigenvalue weighted by Crippen LogP contribution is 2.22. The molecule has 0 saturated carbocycles. The van der Waals surface area contributed by atoms with Gasteiger partial charge >= 0.3 is 5.97 Å². The van der Waals surface area contributed by atoms with Crippen LogP contribution in [0.5, 0.6) is 0 Å². The van der Waals surface area contributed by atoms with Crippen molar-refractivity contribution in [3.63, 3.8) is 0 Å². The van der Waals surface area contributed by atoms with Gasteiger partial charge in [0.2, 0.25) is 15.8 Å². The number of rotatable bonds is 6. The first-order chi connectivity index (χ1) is 14.1. The average Bonchev–Trinajstić information content (AvgIpc) is 3.03. The summed E-state index contributed by atoms with van der Waals surface area (Å²) in [6.07, 6.45) is -0.402. The number of hydrogen-bond acceptors (Lipinski definition) is 8. The lowest BCUT2D eigenvalue weighted by atomic mass is 10.1. The summed E-state index contributed by atoms with van der Waals surface area (Å²) in [5, 5.41) is 3.70. The first-order valence-electron chi connectivity index (χ1n) is 9.48. The first kappa shape index (κ1) is 22.1. The number of ether oxygens (including phenoxy) is 2. The normalized spacial score (nSPS) is 20.1. The van der Waals surface area contributed by atoms with Crippen molar-refractivity contribution in [2.45, 2.75) is 44.8 Å². The van der Waals surface area contributed by atoms with E-state index in [-0.39, 0.29) is 35.8 Å². The Morgan fingerprint density at radius 3 is 2.27 bits per heavy atom. The lowest BCUT2D eigenvalue weighted by molar-refractivity contribution is -0.0440. The Hall–Kier alpha value is -2.56. The van der Waals surface area contributed by atoms with E-state index in [4.69, 9.17) is 14.0 Å². The van der Waals surface area contributed by atoms with Gasteiger partial charge in [-0.1, -0.05) is 5.16 Å². The van der Waals surface area contributed by atoms with Crippen molar-refractivity contribution in [2.24, 2.45) is 0 Å². The Morgan fingerprint density at radius 1 is 1.13 bits per heavy atom. The largest absolute Gasteiger partial charge is 0.454 e. The van der Waals surface area contributed by atoms with Crippen molar-refractivity contribution in [1.82, 2.24) is 9.46 Å². The van der Waals surface area contributed by atoms with Gasteiger partial charge < -0.3 is 14.0 Å². The van der Waals surface area contributed by atoms with E-state index in [1.54, 1.807) is 13.8 Å². The third-order valence-corrected chi connectivity index (χ3v) is 6.61. The molecule has 162 valence electrons. The fourth-order valence-corrected chi connectivity index (χ4v) is 5.00. The lowest BCUT2D eigenvalue weighted by Crippen LogP contribution is -2.48. The lowest BCUT2D eigenvalue weighted by Gasteiger charge is -2.34. The molecule has 30 heavy (non-hydrogen) atoms. The molecular weight excluding hydrogens is 412 g/mol. The molecule has 1 saturated heterocycles. The molecule has 0 N–H and O–H groups in total. The minimum absolute atomic E-state index is 0.0761. The van der Waals surface area contributed by atoms with Gasteiger partial charge in [0.1, 0.15) is 5.76 Å². The molecule has 0 radical (unpaired) electrons. The maximum absolute atomic E-state index is 12.9. The third-order valence-electron chi connectivity index (χ3n) is 4.76. The van der Waals surface area contributed by atoms with Gasteiger partial charge in [-0.05, 0) is 52.0 Å². The Kier molecular flexibility index (Phi) is 6.39. The maximum Gasteiger partial charge on any atom is 0.338 e. The van der Waals surface area contributed by atoms with Crippen LogP contribution in [-0.4, -0.2) is 61.5 Å². The Morgan fingerprint density at radius 2 is 1.73 bits per heavy atom. The molecule has 1 aromatic heterocycles. The van der Waals surface area contributed by atoms with Crippen molar-refractivity contribution < 1.29 is 32.0 Å². The zero-order chi connectivity index (χ0) is 22.1. The van der Waals surface area contributed by atoms with Gasteiger partial charge in [-0.25, -0.2) is 13.2 Å². The fourth-order valence-electron chi connectivity index (χ4n) is 3.41. The zero-order valence-electron chi connectivity index (χ0n) is 17.2. The fraction of sp³-hybridized carbons (Fsp3) is 0.450. The highest BCUT2D eigenvalue weighted by molar-refractivity contribution is 7.89. The van der Waals surface area contributed by atoms with Crippen LogP contribution >= 0.6 is 0 Å². The number of Topliss-reactive ketones (excluding diaryl/α,β-unsaturated/α-hetero) is 1. The Labute approximate surface area is 175 Å². The molecule has 1 aromatic carbocycles. The number of esters is 1. The molecule has 2 heterocycles. The summed E-state index contributed by atoms with van der Waals surface area (Å²) in [5.74, 6) is -0.795. The van der Waals surface area contributed by atoms with Gasteiger partial charge in [-0.2, -0.15) is 4.31 Å². The molecule has 3 rings (SSSR count). The number of morpholine rings is 1. The van der Waals surface area contributed by atoms with Gasteiger partial charge in [0, 0.05) is 13.1 Å². The molecule has 1 fully saturated rings. The summed E-state index contributed by atoms with van der Waals surface area (Å²) < 4.78 is 42.7. The SMILES string of the molecule is Cc1noc(C)c1C(=O)COC(=O)c1ccc(S(=O)(=O)N2C[C@H](C)O[C@@H](C)C2)cc1. The molecule has 2 aromatic rings. The van der Waals surface area contributed by atoms with E-state index in [2.05, 4.69) is 5.16 Å². The molecule has 10 heteroatoms. The quantitative estimate of drug-likeness (QED) is 0.499. The molecule has 0 bridgehead atoms. The van der Waals surface area contributed by atoms with E-state index in [9.17, 15) is 18.0 Å². The number of carbonyl (C=O) groups excluding carboxylic acids is 2. The van der Waals surface area contributed by atoms with Crippen molar-refractivity contribution in [2.75, 3.05) is 19.7 Å². The van der Waals surface area contributed by atoms with Crippen LogP contribution in [0.1, 0.15) is 46.0 Å². The van der Waals surface area contributed by atoms with Gasteiger partial charge in [-0.15, -0.1) is 0 Å². The van der Waals surface area contributed by atoms with E-state index < -0.39 is 28.4 Å². The van der Waals surface area contributed by atoms with Crippen LogP contribution in [0.4, 0.5) is 0 Å². The van der Waals surface area contributed by atoms with Crippen LogP contribution in [0.3, 0.4) is 0 Å². The second-order valence-electron chi connectivity index (χ2n) is 7.30. The molecule has 0 spiro atoms. The Balaban J connectivity index is 1.66. The number of ketones is 1. The second kappa shape index (κ2) is 8.66. The number of nitrogens with zero attached hydrogens (tertiary/aromatic N) is 2. The zero-order valence-corrected chi connectivity index (χ0v) is 18.1. The highest BCUT2D eigenvalue weighted by Gasteiger charge is 2.32. The maximum atomic E-state index is 12.9. The standard InChI is InChI=1S/C20H24N2O7S/c1-12-9-22(10-13(2)28-12)30(25,26)17-7-5-16(6-8-17)20(24)27-11-18(23)19-14(3)21-29-15(19)4/h5-8,12-13H,9-11H2,1-4H3/t12-,13-/m0/s1. The van der Waals surface area contributed by atoms with Crippen LogP contribution < -0.4 is 0 Å². The monoisotopic (exact) mass is 436 g/mol. The van der Waals surface area contributed by atoms with Crippen molar-refractivity contribution in [3.05, 3.63) is 46.8 Å². The first-order valence-corrected chi connectivity index (χ1v) is 10.9. The van der Waals surface area contributed by atoms with Crippen molar-refractivity contribution in [1.29, 1.82) is 0 Å². The molecule has 1 aliphatic rings. The molecule has 0 amide bonds. The molecule has 2 atom stereocenters. The molecule has 1 aliphatic heterocycles. The second-order valence-corrected chi connectivity index (χ2v) is 9.24. The van der Waals surface area contributed by atoms with Crippen molar-refractivity contribution >= 4 is 21.8 Å². The van der Waals surface area contributed by atoms with E-state index in [0.29, 0.717) is 17.0 Å². The summed E-state index contributed by atoms with van der Waals surface area (Å²) in [7, 11) is -3.71. The Bertz CT molecular complexity index is 1010. The van der Waals surface area contributed by atoms with Crippen LogP contribution in [0.15, 0.2) is 33.7 Å². The number of aromatic nitrogens is 1. The number of benzene rings is 1. The number of hydrogen-bond donors (Lipinski definition) is 0. The van der Waals surface area contributed by atoms with Crippen LogP contribution in [0.25, 0.3) is 0 Å². The minimum Gasteiger partial charge on any atom is -0.454 e. The number of carbonyl (C=O) groups is 2. The third kappa shape index (κ3) is 4.61. The van der Waals surface area contributed by atoms with E-state index >= 15 is 0 Å². The van der Waals surface area contributed by atoms with Gasteiger partial charge in [0.05, 0.1) is 33.9 Å². The van der Waals surface area contributed by atoms with Crippen LogP contribution in [0.2, 0.25) is 0 Å². The summed E-state index contributed by atoms with van der Waals surface area (Å²) in [6, 6.07) is 5.44. The molecule has 9 nitrogen and oxygen atoms in total. The molecular formula is C20H24N2O7S. The van der Waals surface area contributed by atoms with Gasteiger partial charge in [0.15, 0.2) is 6.61 Å². The average molecular weight is 436 g/mol. The molecule has 0 aliphatic carbocycles. The number of aryl methyl sites for hydroxylation is 2. The smallest absolute Gasteiger partial charge is 0.338 e. The summed E-state index contributed by atoms with van der Waals surface area (Å²) >= 11 is 0. The summed E-state index contributed by atoms with van der Waals surface area (Å²) in [5.41, 5.74) is 0.859. The molecule has 0 unspecified atom stereocenters. The van der Waals surface area contributed by atoms with E-state index in [1.165, 1.54) is 28.6 Å². The number of sulfonamides is 1. The van der Waals surface area contributed by atoms with Crippen LogP contribution in [-0.2, 0) is 19.5 Å². The van der Waals surface area contributed by atoms with Crippen molar-refractivity contribution in [3.8, 4) is 0 Å². The summed E-state index contributed by atoms with van der Waals surface area (Å²) in [4.78, 5) is 24.5. The van der Waals surface area contributed by atoms with Gasteiger partial charge in [-0.3, -0.25) is 4.79 Å².